The second-order valence-corrected chi connectivity index (χ2v) is 5.09. The van der Waals surface area contributed by atoms with Gasteiger partial charge in [-0.1, -0.05) is 12.1 Å². The first-order chi connectivity index (χ1) is 10.1. The summed E-state index contributed by atoms with van der Waals surface area (Å²) in [5.41, 5.74) is 6.85. The minimum Gasteiger partial charge on any atom is -0.493 e. The maximum absolute atomic E-state index is 14.2. The van der Waals surface area contributed by atoms with E-state index in [0.717, 1.165) is 0 Å². The van der Waals surface area contributed by atoms with Crippen molar-refractivity contribution in [2.45, 2.75) is 13.2 Å². The van der Waals surface area contributed by atoms with Crippen LogP contribution in [0.4, 0.5) is 4.39 Å². The zero-order valence-electron chi connectivity index (χ0n) is 11.4. The molecule has 0 aromatic heterocycles. The molecule has 0 heterocycles. The molecule has 0 aliphatic heterocycles. The molecule has 3 N–H and O–H groups in total. The van der Waals surface area contributed by atoms with Gasteiger partial charge in [-0.15, -0.1) is 0 Å². The van der Waals surface area contributed by atoms with E-state index in [1.165, 1.54) is 13.2 Å². The molecule has 0 unspecified atom stereocenters. The average Bonchev–Trinajstić information content (AvgIpc) is 2.52. The van der Waals surface area contributed by atoms with E-state index in [0.29, 0.717) is 22.6 Å². The molecule has 0 amide bonds. The first-order valence-corrected chi connectivity index (χ1v) is 7.02. The quantitative estimate of drug-likeness (QED) is 0.863. The van der Waals surface area contributed by atoms with Crippen LogP contribution in [0.25, 0.3) is 0 Å². The van der Waals surface area contributed by atoms with Crippen LogP contribution < -0.4 is 15.2 Å². The summed E-state index contributed by atoms with van der Waals surface area (Å²) in [5, 5.41) is 9.10. The van der Waals surface area contributed by atoms with Crippen molar-refractivity contribution < 1.29 is 19.0 Å². The Labute approximate surface area is 130 Å². The largest absolute Gasteiger partial charge is 0.493 e. The summed E-state index contributed by atoms with van der Waals surface area (Å²) in [4.78, 5) is 0. The third kappa shape index (κ3) is 3.34. The van der Waals surface area contributed by atoms with Gasteiger partial charge in [0.05, 0.1) is 18.2 Å². The Kier molecular flexibility index (Phi) is 5.17. The van der Waals surface area contributed by atoms with E-state index in [4.69, 9.17) is 20.3 Å². The maximum Gasteiger partial charge on any atom is 0.180 e. The highest BCUT2D eigenvalue weighted by atomic mass is 79.9. The van der Waals surface area contributed by atoms with Crippen LogP contribution in [0.1, 0.15) is 11.1 Å². The third-order valence-corrected chi connectivity index (χ3v) is 3.83. The standard InChI is InChI=1S/C15H15BrFNO3/c1-20-13-6-9(8-19)2-4-11(13)21-12-5-3-10(7-18)14(16)15(12)17/h2-6,19H,7-8,18H2,1H3. The molecule has 0 aliphatic rings. The Morgan fingerprint density at radius 1 is 1.19 bits per heavy atom. The second kappa shape index (κ2) is 6.89. The van der Waals surface area contributed by atoms with Crippen molar-refractivity contribution in [3.8, 4) is 17.2 Å². The van der Waals surface area contributed by atoms with Gasteiger partial charge in [-0.25, -0.2) is 4.39 Å². The number of aliphatic hydroxyl groups is 1. The summed E-state index contributed by atoms with van der Waals surface area (Å²) in [6.07, 6.45) is 0. The Bertz CT molecular complexity index is 649. The Morgan fingerprint density at radius 2 is 1.90 bits per heavy atom. The van der Waals surface area contributed by atoms with Gasteiger partial charge in [0, 0.05) is 6.54 Å². The van der Waals surface area contributed by atoms with Crippen molar-refractivity contribution in [1.29, 1.82) is 0 Å². The maximum atomic E-state index is 14.2. The first kappa shape index (κ1) is 15.8. The van der Waals surface area contributed by atoms with Crippen LogP contribution in [0.2, 0.25) is 0 Å². The lowest BCUT2D eigenvalue weighted by molar-refractivity contribution is 0.280. The number of rotatable bonds is 5. The van der Waals surface area contributed by atoms with Crippen LogP contribution in [0.3, 0.4) is 0 Å². The first-order valence-electron chi connectivity index (χ1n) is 6.23. The van der Waals surface area contributed by atoms with Gasteiger partial charge in [-0.05, 0) is 45.3 Å². The van der Waals surface area contributed by atoms with E-state index >= 15 is 0 Å². The lowest BCUT2D eigenvalue weighted by atomic mass is 10.2. The Balaban J connectivity index is 2.36. The molecule has 0 saturated carbocycles. The molecular formula is C15H15BrFNO3. The van der Waals surface area contributed by atoms with Crippen molar-refractivity contribution in [2.75, 3.05) is 7.11 Å². The summed E-state index contributed by atoms with van der Waals surface area (Å²) in [7, 11) is 1.48. The molecule has 2 aromatic carbocycles. The summed E-state index contributed by atoms with van der Waals surface area (Å²) in [6.45, 7) is 0.119. The molecule has 21 heavy (non-hydrogen) atoms. The summed E-state index contributed by atoms with van der Waals surface area (Å²) in [5.74, 6) is 0.321. The fourth-order valence-corrected chi connectivity index (χ4v) is 2.31. The van der Waals surface area contributed by atoms with Gasteiger partial charge in [0.1, 0.15) is 0 Å². The van der Waals surface area contributed by atoms with Crippen LogP contribution in [0, 0.1) is 5.82 Å². The lowest BCUT2D eigenvalue weighted by Crippen LogP contribution is -2.00. The number of halogens is 2. The summed E-state index contributed by atoms with van der Waals surface area (Å²) < 4.78 is 25.2. The molecule has 0 spiro atoms. The predicted molar refractivity (Wildman–Crippen MR) is 81.0 cm³/mol. The zero-order valence-corrected chi connectivity index (χ0v) is 13.0. The van der Waals surface area contributed by atoms with Gasteiger partial charge >= 0.3 is 0 Å². The molecule has 4 nitrogen and oxygen atoms in total. The average molecular weight is 356 g/mol. The van der Waals surface area contributed by atoms with E-state index in [2.05, 4.69) is 15.9 Å². The van der Waals surface area contributed by atoms with Crippen molar-refractivity contribution in [2.24, 2.45) is 5.73 Å². The Morgan fingerprint density at radius 3 is 2.52 bits per heavy atom. The number of benzene rings is 2. The van der Waals surface area contributed by atoms with Gasteiger partial charge in [-0.2, -0.15) is 0 Å². The fourth-order valence-electron chi connectivity index (χ4n) is 1.82. The number of ether oxygens (including phenoxy) is 2. The van der Waals surface area contributed by atoms with Crippen LogP contribution in [0.15, 0.2) is 34.8 Å². The highest BCUT2D eigenvalue weighted by Gasteiger charge is 2.14. The van der Waals surface area contributed by atoms with Crippen molar-refractivity contribution in [1.82, 2.24) is 0 Å². The van der Waals surface area contributed by atoms with Crippen LogP contribution in [-0.4, -0.2) is 12.2 Å². The predicted octanol–water partition coefficient (Wildman–Crippen LogP) is 3.34. The van der Waals surface area contributed by atoms with Crippen molar-refractivity contribution in [3.05, 3.63) is 51.7 Å². The molecule has 0 aliphatic carbocycles. The van der Waals surface area contributed by atoms with E-state index in [-0.39, 0.29) is 23.4 Å². The van der Waals surface area contributed by atoms with E-state index in [1.54, 1.807) is 24.3 Å². The van der Waals surface area contributed by atoms with Gasteiger partial charge in [0.25, 0.3) is 0 Å². The number of hydrogen-bond donors (Lipinski definition) is 2. The number of aliphatic hydroxyl groups excluding tert-OH is 1. The molecule has 6 heteroatoms. The van der Waals surface area contributed by atoms with Crippen molar-refractivity contribution in [3.63, 3.8) is 0 Å². The second-order valence-electron chi connectivity index (χ2n) is 4.30. The highest BCUT2D eigenvalue weighted by Crippen LogP contribution is 2.36. The van der Waals surface area contributed by atoms with Crippen molar-refractivity contribution >= 4 is 15.9 Å². The SMILES string of the molecule is COc1cc(CO)ccc1Oc1ccc(CN)c(Br)c1F. The normalized spacial score (nSPS) is 10.5. The number of nitrogens with two attached hydrogens (primary N) is 1. The van der Waals surface area contributed by atoms with Gasteiger partial charge in [0.2, 0.25) is 0 Å². The monoisotopic (exact) mass is 355 g/mol. The van der Waals surface area contributed by atoms with E-state index in [1.807, 2.05) is 0 Å². The molecular weight excluding hydrogens is 341 g/mol. The molecule has 112 valence electrons. The molecule has 0 bridgehead atoms. The summed E-state index contributed by atoms with van der Waals surface area (Å²) in [6, 6.07) is 8.14. The van der Waals surface area contributed by atoms with E-state index in [9.17, 15) is 4.39 Å². The highest BCUT2D eigenvalue weighted by molar-refractivity contribution is 9.10. The zero-order chi connectivity index (χ0) is 15.4. The molecule has 0 radical (unpaired) electrons. The summed E-state index contributed by atoms with van der Waals surface area (Å²) >= 11 is 3.16. The van der Waals surface area contributed by atoms with Gasteiger partial charge in [-0.3, -0.25) is 0 Å². The minimum atomic E-state index is -0.522. The molecule has 2 aromatic rings. The molecule has 2 rings (SSSR count). The van der Waals surface area contributed by atoms with E-state index < -0.39 is 5.82 Å². The lowest BCUT2D eigenvalue weighted by Gasteiger charge is -2.13. The Hall–Kier alpha value is -1.63. The number of methoxy groups -OCH3 is 1. The number of hydrogen-bond acceptors (Lipinski definition) is 4. The third-order valence-electron chi connectivity index (χ3n) is 2.98. The fraction of sp³-hybridized carbons (Fsp3) is 0.200. The molecule has 0 atom stereocenters. The van der Waals surface area contributed by atoms with Crippen LogP contribution in [0.5, 0.6) is 17.2 Å². The molecule has 0 saturated heterocycles. The minimum absolute atomic E-state index is 0.0640. The van der Waals surface area contributed by atoms with Crippen LogP contribution in [-0.2, 0) is 13.2 Å². The smallest absolute Gasteiger partial charge is 0.180 e. The molecule has 0 fully saturated rings. The topological polar surface area (TPSA) is 64.7 Å². The van der Waals surface area contributed by atoms with Gasteiger partial charge in [0.15, 0.2) is 23.1 Å². The van der Waals surface area contributed by atoms with Crippen LogP contribution >= 0.6 is 15.9 Å². The van der Waals surface area contributed by atoms with Gasteiger partial charge < -0.3 is 20.3 Å².